The van der Waals surface area contributed by atoms with E-state index in [4.69, 9.17) is 0 Å². The summed E-state index contributed by atoms with van der Waals surface area (Å²) in [6.45, 7) is 3.01. The summed E-state index contributed by atoms with van der Waals surface area (Å²) >= 11 is 0. The third-order valence-corrected chi connectivity index (χ3v) is 2.63. The molecular formula is C12H16N2O. The second-order valence-electron chi connectivity index (χ2n) is 3.58. The molecule has 0 radical (unpaired) electrons. The Morgan fingerprint density at radius 2 is 2.20 bits per heavy atom. The number of likely N-dealkylation sites (N-methyl/N-ethyl adjacent to an activating group) is 1. The fourth-order valence-corrected chi connectivity index (χ4v) is 1.90. The first-order valence-corrected chi connectivity index (χ1v) is 5.27. The van der Waals surface area contributed by atoms with E-state index in [1.54, 1.807) is 0 Å². The summed E-state index contributed by atoms with van der Waals surface area (Å²) in [4.78, 5) is 3.21. The Bertz CT molecular complexity index is 436. The Kier molecular flexibility index (Phi) is 3.04. The highest BCUT2D eigenvalue weighted by Gasteiger charge is 2.12. The predicted octanol–water partition coefficient (Wildman–Crippen LogP) is 1.81. The molecule has 1 unspecified atom stereocenters. The lowest BCUT2D eigenvalue weighted by Crippen LogP contribution is -2.23. The molecular weight excluding hydrogens is 188 g/mol. The molecule has 0 saturated carbocycles. The van der Waals surface area contributed by atoms with Crippen molar-refractivity contribution in [2.75, 3.05) is 13.2 Å². The molecule has 15 heavy (non-hydrogen) atoms. The van der Waals surface area contributed by atoms with Gasteiger partial charge in [-0.25, -0.2) is 0 Å². The summed E-state index contributed by atoms with van der Waals surface area (Å²) in [5.41, 5.74) is 2.25. The molecule has 2 aromatic rings. The van der Waals surface area contributed by atoms with Gasteiger partial charge >= 0.3 is 0 Å². The average molecular weight is 204 g/mol. The highest BCUT2D eigenvalue weighted by Crippen LogP contribution is 2.23. The summed E-state index contributed by atoms with van der Waals surface area (Å²) in [7, 11) is 0. The number of nitrogens with one attached hydrogen (secondary N) is 2. The number of benzene rings is 1. The molecule has 80 valence electrons. The molecule has 1 aromatic carbocycles. The first-order valence-electron chi connectivity index (χ1n) is 5.27. The van der Waals surface area contributed by atoms with E-state index in [1.807, 2.05) is 31.3 Å². The van der Waals surface area contributed by atoms with Gasteiger partial charge in [0.25, 0.3) is 0 Å². The minimum absolute atomic E-state index is 0.0196. The highest BCUT2D eigenvalue weighted by atomic mass is 16.3. The van der Waals surface area contributed by atoms with Crippen molar-refractivity contribution in [3.63, 3.8) is 0 Å². The SMILES string of the molecule is CCNC(CO)c1c[nH]c2ccccc12. The summed E-state index contributed by atoms with van der Waals surface area (Å²) in [6.07, 6.45) is 1.97. The standard InChI is InChI=1S/C12H16N2O/c1-2-13-12(8-15)10-7-14-11-6-4-3-5-9(10)11/h3-7,12-15H,2,8H2,1H3. The van der Waals surface area contributed by atoms with Gasteiger partial charge in [-0.1, -0.05) is 25.1 Å². The van der Waals surface area contributed by atoms with Crippen LogP contribution in [0.25, 0.3) is 10.9 Å². The van der Waals surface area contributed by atoms with Crippen LogP contribution in [0.1, 0.15) is 18.5 Å². The number of H-pyrrole nitrogens is 1. The number of aliphatic hydroxyl groups is 1. The number of fused-ring (bicyclic) bond motifs is 1. The van der Waals surface area contributed by atoms with Crippen LogP contribution in [-0.4, -0.2) is 23.2 Å². The number of aromatic amines is 1. The minimum Gasteiger partial charge on any atom is -0.394 e. The molecule has 1 atom stereocenters. The first kappa shape index (κ1) is 10.2. The van der Waals surface area contributed by atoms with Crippen molar-refractivity contribution >= 4 is 10.9 Å². The Morgan fingerprint density at radius 1 is 1.40 bits per heavy atom. The van der Waals surface area contributed by atoms with Crippen LogP contribution in [0.3, 0.4) is 0 Å². The minimum atomic E-state index is 0.0196. The average Bonchev–Trinajstić information content (AvgIpc) is 2.70. The molecule has 0 spiro atoms. The number of hydrogen-bond donors (Lipinski definition) is 3. The molecule has 0 fully saturated rings. The lowest BCUT2D eigenvalue weighted by atomic mass is 10.1. The zero-order valence-electron chi connectivity index (χ0n) is 8.83. The van der Waals surface area contributed by atoms with Gasteiger partial charge in [0.05, 0.1) is 12.6 Å². The van der Waals surface area contributed by atoms with Gasteiger partial charge in [0.15, 0.2) is 0 Å². The third-order valence-electron chi connectivity index (χ3n) is 2.63. The zero-order chi connectivity index (χ0) is 10.7. The fourth-order valence-electron chi connectivity index (χ4n) is 1.90. The van der Waals surface area contributed by atoms with Gasteiger partial charge in [0, 0.05) is 17.1 Å². The maximum atomic E-state index is 9.31. The largest absolute Gasteiger partial charge is 0.394 e. The van der Waals surface area contributed by atoms with Crippen molar-refractivity contribution in [1.82, 2.24) is 10.3 Å². The number of aromatic nitrogens is 1. The van der Waals surface area contributed by atoms with Crippen molar-refractivity contribution in [3.05, 3.63) is 36.0 Å². The third kappa shape index (κ3) is 1.89. The molecule has 0 bridgehead atoms. The monoisotopic (exact) mass is 204 g/mol. The van der Waals surface area contributed by atoms with Gasteiger partial charge in [0.1, 0.15) is 0 Å². The number of aliphatic hydroxyl groups excluding tert-OH is 1. The van der Waals surface area contributed by atoms with Gasteiger partial charge in [-0.3, -0.25) is 0 Å². The Balaban J connectivity index is 2.41. The van der Waals surface area contributed by atoms with Crippen molar-refractivity contribution in [3.8, 4) is 0 Å². The van der Waals surface area contributed by atoms with E-state index in [0.29, 0.717) is 0 Å². The van der Waals surface area contributed by atoms with Gasteiger partial charge < -0.3 is 15.4 Å². The lowest BCUT2D eigenvalue weighted by Gasteiger charge is -2.13. The van der Waals surface area contributed by atoms with Crippen molar-refractivity contribution in [1.29, 1.82) is 0 Å². The van der Waals surface area contributed by atoms with Crippen LogP contribution in [0, 0.1) is 0 Å². The summed E-state index contributed by atoms with van der Waals surface area (Å²) in [6, 6.07) is 8.15. The van der Waals surface area contributed by atoms with Crippen LogP contribution in [0.5, 0.6) is 0 Å². The molecule has 0 aliphatic heterocycles. The van der Waals surface area contributed by atoms with Crippen molar-refractivity contribution in [2.24, 2.45) is 0 Å². The molecule has 2 rings (SSSR count). The van der Waals surface area contributed by atoms with Gasteiger partial charge in [-0.2, -0.15) is 0 Å². The molecule has 1 heterocycles. The van der Waals surface area contributed by atoms with Crippen LogP contribution in [-0.2, 0) is 0 Å². The van der Waals surface area contributed by atoms with Gasteiger partial charge in [-0.15, -0.1) is 0 Å². The molecule has 0 amide bonds. The topological polar surface area (TPSA) is 48.0 Å². The molecule has 3 N–H and O–H groups in total. The van der Waals surface area contributed by atoms with Crippen LogP contribution in [0.4, 0.5) is 0 Å². The highest BCUT2D eigenvalue weighted by molar-refractivity contribution is 5.83. The molecule has 3 nitrogen and oxygen atoms in total. The Hall–Kier alpha value is -1.32. The predicted molar refractivity (Wildman–Crippen MR) is 61.8 cm³/mol. The maximum Gasteiger partial charge on any atom is 0.0627 e. The van der Waals surface area contributed by atoms with Gasteiger partial charge in [-0.05, 0) is 18.2 Å². The summed E-state index contributed by atoms with van der Waals surface area (Å²) in [5.74, 6) is 0. The van der Waals surface area contributed by atoms with E-state index < -0.39 is 0 Å². The van der Waals surface area contributed by atoms with E-state index in [2.05, 4.69) is 16.4 Å². The van der Waals surface area contributed by atoms with Crippen molar-refractivity contribution < 1.29 is 5.11 Å². The Labute approximate surface area is 89.1 Å². The molecule has 0 saturated heterocycles. The van der Waals surface area contributed by atoms with Crippen molar-refractivity contribution in [2.45, 2.75) is 13.0 Å². The van der Waals surface area contributed by atoms with E-state index in [-0.39, 0.29) is 12.6 Å². The normalized spacial score (nSPS) is 13.2. The molecule has 0 aliphatic carbocycles. The second kappa shape index (κ2) is 4.47. The van der Waals surface area contributed by atoms with E-state index in [1.165, 1.54) is 5.39 Å². The van der Waals surface area contributed by atoms with Crippen LogP contribution in [0.15, 0.2) is 30.5 Å². The quantitative estimate of drug-likeness (QED) is 0.711. The number of para-hydroxylation sites is 1. The fraction of sp³-hybridized carbons (Fsp3) is 0.333. The first-order chi connectivity index (χ1) is 7.36. The van der Waals surface area contributed by atoms with Crippen LogP contribution in [0.2, 0.25) is 0 Å². The van der Waals surface area contributed by atoms with E-state index in [0.717, 1.165) is 17.6 Å². The summed E-state index contributed by atoms with van der Waals surface area (Å²) in [5, 5.41) is 13.7. The number of hydrogen-bond acceptors (Lipinski definition) is 2. The lowest BCUT2D eigenvalue weighted by molar-refractivity contribution is 0.247. The van der Waals surface area contributed by atoms with Gasteiger partial charge in [0.2, 0.25) is 0 Å². The molecule has 1 aromatic heterocycles. The molecule has 0 aliphatic rings. The van der Waals surface area contributed by atoms with E-state index >= 15 is 0 Å². The summed E-state index contributed by atoms with van der Waals surface area (Å²) < 4.78 is 0. The van der Waals surface area contributed by atoms with E-state index in [9.17, 15) is 5.11 Å². The Morgan fingerprint density at radius 3 is 2.93 bits per heavy atom. The second-order valence-corrected chi connectivity index (χ2v) is 3.58. The molecule has 3 heteroatoms. The van der Waals surface area contributed by atoms with Crippen LogP contribution >= 0.6 is 0 Å². The van der Waals surface area contributed by atoms with Crippen LogP contribution < -0.4 is 5.32 Å². The maximum absolute atomic E-state index is 9.31. The number of rotatable bonds is 4. The smallest absolute Gasteiger partial charge is 0.0627 e. The zero-order valence-corrected chi connectivity index (χ0v) is 8.83.